The monoisotopic (exact) mass is 492 g/mol. The van der Waals surface area contributed by atoms with Crippen LogP contribution in [0.25, 0.3) is 0 Å². The third-order valence-corrected chi connectivity index (χ3v) is 8.03. The molecule has 3 aromatic carbocycles. The number of hydrogen-bond donors (Lipinski definition) is 0. The molecule has 4 heterocycles. The number of pyridine rings is 2. The van der Waals surface area contributed by atoms with Crippen molar-refractivity contribution >= 4 is 57.2 Å². The first-order valence-electron chi connectivity index (χ1n) is 13.2. The lowest BCUT2D eigenvalue weighted by atomic mass is 9.33. The lowest BCUT2D eigenvalue weighted by Crippen LogP contribution is -2.60. The Bertz CT molecular complexity index is 1740. The predicted octanol–water partition coefficient (Wildman–Crippen LogP) is 6.10. The van der Waals surface area contributed by atoms with E-state index < -0.39 is 0 Å². The molecule has 0 atom stereocenters. The highest BCUT2D eigenvalue weighted by atomic mass is 15.3. The maximum Gasteiger partial charge on any atom is 0.247 e. The molecule has 0 bridgehead atoms. The third kappa shape index (κ3) is 3.18. The van der Waals surface area contributed by atoms with Crippen molar-refractivity contribution in [1.29, 1.82) is 0 Å². The summed E-state index contributed by atoms with van der Waals surface area (Å²) in [6.07, 6.45) is 7.94. The molecule has 4 nitrogen and oxygen atoms in total. The molecule has 2 aromatic heterocycles. The Morgan fingerprint density at radius 3 is 1.97 bits per heavy atom. The van der Waals surface area contributed by atoms with Gasteiger partial charge < -0.3 is 9.80 Å². The van der Waals surface area contributed by atoms with Gasteiger partial charge in [-0.1, -0.05) is 58.6 Å². The zero-order chi connectivity index (χ0) is 26.1. The van der Waals surface area contributed by atoms with Crippen molar-refractivity contribution in [2.75, 3.05) is 9.80 Å². The van der Waals surface area contributed by atoms with Gasteiger partial charge in [-0.3, -0.25) is 9.97 Å². The minimum absolute atomic E-state index is 0.113. The molecule has 0 fully saturated rings. The molecule has 0 saturated carbocycles. The van der Waals surface area contributed by atoms with Crippen LogP contribution < -0.4 is 26.2 Å². The van der Waals surface area contributed by atoms with Crippen LogP contribution in [0.1, 0.15) is 27.8 Å². The fourth-order valence-corrected chi connectivity index (χ4v) is 6.70. The molecule has 184 valence electrons. The van der Waals surface area contributed by atoms with Crippen molar-refractivity contribution in [2.45, 2.75) is 34.6 Å². The maximum atomic E-state index is 4.71. The van der Waals surface area contributed by atoms with E-state index in [4.69, 9.17) is 4.98 Å². The first kappa shape index (κ1) is 22.8. The molecule has 0 amide bonds. The van der Waals surface area contributed by atoms with E-state index in [1.807, 2.05) is 18.6 Å². The topological polar surface area (TPSA) is 32.3 Å². The maximum absolute atomic E-state index is 4.71. The van der Waals surface area contributed by atoms with E-state index in [-0.39, 0.29) is 6.71 Å². The van der Waals surface area contributed by atoms with Crippen LogP contribution in [0.4, 0.5) is 34.1 Å². The molecule has 0 aliphatic carbocycles. The molecule has 0 saturated heterocycles. The van der Waals surface area contributed by atoms with Crippen molar-refractivity contribution in [3.8, 4) is 0 Å². The molecular formula is C33H29BN4. The fraction of sp³-hybridized carbons (Fsp3) is 0.152. The highest BCUT2D eigenvalue weighted by Crippen LogP contribution is 2.54. The minimum atomic E-state index is 0.113. The fourth-order valence-electron chi connectivity index (χ4n) is 6.70. The van der Waals surface area contributed by atoms with Crippen molar-refractivity contribution in [2.24, 2.45) is 0 Å². The summed E-state index contributed by atoms with van der Waals surface area (Å²) in [4.78, 5) is 14.1. The number of aryl methyl sites for hydroxylation is 5. The van der Waals surface area contributed by atoms with Gasteiger partial charge in [0, 0.05) is 12.4 Å². The number of fused-ring (bicyclic) bond motifs is 4. The molecule has 0 spiro atoms. The molecule has 38 heavy (non-hydrogen) atoms. The lowest BCUT2D eigenvalue weighted by Gasteiger charge is -2.45. The van der Waals surface area contributed by atoms with Gasteiger partial charge in [0.2, 0.25) is 6.71 Å². The van der Waals surface area contributed by atoms with Crippen LogP contribution in [-0.4, -0.2) is 16.7 Å². The Labute approximate surface area is 224 Å². The molecule has 5 aromatic rings. The van der Waals surface area contributed by atoms with Crippen molar-refractivity contribution in [3.05, 3.63) is 113 Å². The van der Waals surface area contributed by atoms with E-state index in [9.17, 15) is 0 Å². The molecule has 0 radical (unpaired) electrons. The number of aromatic nitrogens is 2. The zero-order valence-electron chi connectivity index (χ0n) is 22.4. The van der Waals surface area contributed by atoms with Gasteiger partial charge >= 0.3 is 0 Å². The molecule has 7 rings (SSSR count). The zero-order valence-corrected chi connectivity index (χ0v) is 22.4. The van der Waals surface area contributed by atoms with Gasteiger partial charge in [-0.15, -0.1) is 0 Å². The van der Waals surface area contributed by atoms with E-state index in [2.05, 4.69) is 116 Å². The Balaban J connectivity index is 1.60. The Morgan fingerprint density at radius 1 is 0.553 bits per heavy atom. The highest BCUT2D eigenvalue weighted by Gasteiger charge is 2.43. The molecule has 2 aliphatic heterocycles. The van der Waals surface area contributed by atoms with Gasteiger partial charge in [-0.25, -0.2) is 0 Å². The number of nitrogens with zero attached hydrogens (tertiary/aromatic N) is 4. The summed E-state index contributed by atoms with van der Waals surface area (Å²) in [5, 5.41) is 0. The second-order valence-electron chi connectivity index (χ2n) is 10.7. The van der Waals surface area contributed by atoms with Gasteiger partial charge in [0.05, 0.1) is 46.5 Å². The number of anilines is 6. The van der Waals surface area contributed by atoms with Gasteiger partial charge in [-0.05, 0) is 80.9 Å². The predicted molar refractivity (Wildman–Crippen MR) is 160 cm³/mol. The SMILES string of the molecule is Cc1cncc(N2c3ccccc3N3c4cncc(C)c4B(c4c(C)cc(C)cc4C)c4cccc2c43)c1. The van der Waals surface area contributed by atoms with Crippen molar-refractivity contribution < 1.29 is 0 Å². The van der Waals surface area contributed by atoms with Crippen LogP contribution in [0.5, 0.6) is 0 Å². The Kier molecular flexibility index (Phi) is 4.99. The summed E-state index contributed by atoms with van der Waals surface area (Å²) >= 11 is 0. The first-order chi connectivity index (χ1) is 18.4. The third-order valence-electron chi connectivity index (χ3n) is 8.03. The highest BCUT2D eigenvalue weighted by molar-refractivity contribution is 6.99. The van der Waals surface area contributed by atoms with Gasteiger partial charge in [0.25, 0.3) is 0 Å². The van der Waals surface area contributed by atoms with Crippen LogP contribution >= 0.6 is 0 Å². The molecular weight excluding hydrogens is 463 g/mol. The standard InChI is InChI=1S/C33H29BN4/c1-20-13-22(3)31(23(4)14-20)34-26-9-8-12-29-33(26)38(30-19-36-17-24(5)32(30)34)28-11-7-6-10-27(28)37(29)25-15-21(2)16-35-18-25/h6-19H,1-5H3. The van der Waals surface area contributed by atoms with Crippen LogP contribution in [-0.2, 0) is 0 Å². The summed E-state index contributed by atoms with van der Waals surface area (Å²) in [6, 6.07) is 22.3. The van der Waals surface area contributed by atoms with E-state index in [1.54, 1.807) is 0 Å². The lowest BCUT2D eigenvalue weighted by molar-refractivity contribution is 1.14. The summed E-state index contributed by atoms with van der Waals surface area (Å²) in [5.41, 5.74) is 17.3. The van der Waals surface area contributed by atoms with Gasteiger partial charge in [0.15, 0.2) is 0 Å². The van der Waals surface area contributed by atoms with E-state index in [0.717, 1.165) is 34.0 Å². The smallest absolute Gasteiger partial charge is 0.247 e. The van der Waals surface area contributed by atoms with Crippen molar-refractivity contribution in [1.82, 2.24) is 9.97 Å². The van der Waals surface area contributed by atoms with Crippen LogP contribution in [0.2, 0.25) is 0 Å². The first-order valence-corrected chi connectivity index (χ1v) is 13.2. The Hall–Kier alpha value is -4.38. The van der Waals surface area contributed by atoms with Crippen LogP contribution in [0.3, 0.4) is 0 Å². The van der Waals surface area contributed by atoms with Crippen LogP contribution in [0.15, 0.2) is 85.5 Å². The largest absolute Gasteiger partial charge is 0.306 e. The second kappa shape index (κ2) is 8.32. The normalized spacial score (nSPS) is 13.2. The summed E-state index contributed by atoms with van der Waals surface area (Å²) in [7, 11) is 0. The summed E-state index contributed by atoms with van der Waals surface area (Å²) < 4.78 is 0. The molecule has 5 heteroatoms. The van der Waals surface area contributed by atoms with Crippen LogP contribution in [0, 0.1) is 34.6 Å². The summed E-state index contributed by atoms with van der Waals surface area (Å²) in [6.45, 7) is 11.1. The average molecular weight is 492 g/mol. The van der Waals surface area contributed by atoms with Crippen molar-refractivity contribution in [3.63, 3.8) is 0 Å². The van der Waals surface area contributed by atoms with E-state index in [0.29, 0.717) is 0 Å². The second-order valence-corrected chi connectivity index (χ2v) is 10.7. The van der Waals surface area contributed by atoms with Gasteiger partial charge in [0.1, 0.15) is 0 Å². The quantitative estimate of drug-likeness (QED) is 0.273. The van der Waals surface area contributed by atoms with Gasteiger partial charge in [-0.2, -0.15) is 0 Å². The molecule has 2 aliphatic rings. The number of benzene rings is 3. The minimum Gasteiger partial charge on any atom is -0.306 e. The Morgan fingerprint density at radius 2 is 1.24 bits per heavy atom. The number of rotatable bonds is 2. The van der Waals surface area contributed by atoms with E-state index >= 15 is 0 Å². The molecule has 0 unspecified atom stereocenters. The summed E-state index contributed by atoms with van der Waals surface area (Å²) in [5.74, 6) is 0. The number of para-hydroxylation sites is 3. The molecule has 0 N–H and O–H groups in total. The number of hydrogen-bond acceptors (Lipinski definition) is 4. The van der Waals surface area contributed by atoms with E-state index in [1.165, 1.54) is 44.3 Å². The average Bonchev–Trinajstić information content (AvgIpc) is 2.89.